The molecular weight excluding hydrogens is 374 g/mol. The van der Waals surface area contributed by atoms with Crippen LogP contribution in [0.3, 0.4) is 0 Å². The van der Waals surface area contributed by atoms with E-state index in [0.29, 0.717) is 5.02 Å². The molecule has 0 aliphatic rings. The van der Waals surface area contributed by atoms with E-state index >= 15 is 0 Å². The molecule has 2 aromatic heterocycles. The van der Waals surface area contributed by atoms with Crippen LogP contribution in [0.5, 0.6) is 5.75 Å². The van der Waals surface area contributed by atoms with E-state index in [-0.39, 0.29) is 12.3 Å². The number of fused-ring (bicyclic) bond motifs is 1. The van der Waals surface area contributed by atoms with Crippen LogP contribution < -0.4 is 4.74 Å². The molecule has 3 aromatic rings. The second kappa shape index (κ2) is 9.11. The molecule has 0 radical (unpaired) electrons. The number of hydrogen-bond donors (Lipinski definition) is 0. The highest BCUT2D eigenvalue weighted by atomic mass is 35.5. The number of carbonyl (C=O) groups is 1. The molecule has 0 spiro atoms. The van der Waals surface area contributed by atoms with Crippen LogP contribution >= 0.6 is 11.6 Å². The van der Waals surface area contributed by atoms with Gasteiger partial charge in [0, 0.05) is 24.8 Å². The fraction of sp³-hybridized carbons (Fsp3) is 0.364. The van der Waals surface area contributed by atoms with Crippen LogP contribution in [0, 0.1) is 0 Å². The first-order valence-corrected chi connectivity index (χ1v) is 10.0. The van der Waals surface area contributed by atoms with Gasteiger partial charge in [0.05, 0.1) is 29.9 Å². The normalized spacial score (nSPS) is 11.0. The quantitative estimate of drug-likeness (QED) is 0.543. The summed E-state index contributed by atoms with van der Waals surface area (Å²) in [4.78, 5) is 19.7. The Hall–Kier alpha value is -2.53. The predicted octanol–water partition coefficient (Wildman–Crippen LogP) is 4.85. The van der Waals surface area contributed by atoms with Crippen molar-refractivity contribution >= 4 is 23.2 Å². The van der Waals surface area contributed by atoms with Crippen molar-refractivity contribution in [2.45, 2.75) is 33.1 Å². The topological polar surface area (TPSA) is 46.8 Å². The van der Waals surface area contributed by atoms with Crippen molar-refractivity contribution in [2.75, 3.05) is 20.2 Å². The lowest BCUT2D eigenvalue weighted by molar-refractivity contribution is -0.130. The molecule has 1 amide bonds. The number of ether oxygens (including phenoxy) is 1. The van der Waals surface area contributed by atoms with Gasteiger partial charge < -0.3 is 14.0 Å². The van der Waals surface area contributed by atoms with Gasteiger partial charge in [0.1, 0.15) is 11.4 Å². The van der Waals surface area contributed by atoms with Crippen molar-refractivity contribution in [1.29, 1.82) is 0 Å². The highest BCUT2D eigenvalue weighted by Crippen LogP contribution is 2.28. The number of rotatable bonds is 8. The first-order chi connectivity index (χ1) is 13.6. The fourth-order valence-electron chi connectivity index (χ4n) is 3.37. The molecule has 0 bridgehead atoms. The Labute approximate surface area is 170 Å². The molecule has 0 unspecified atom stereocenters. The van der Waals surface area contributed by atoms with Crippen molar-refractivity contribution < 1.29 is 9.53 Å². The van der Waals surface area contributed by atoms with Gasteiger partial charge in [-0.2, -0.15) is 0 Å². The number of amides is 1. The largest absolute Gasteiger partial charge is 0.497 e. The Bertz CT molecular complexity index is 944. The van der Waals surface area contributed by atoms with Gasteiger partial charge >= 0.3 is 0 Å². The summed E-state index contributed by atoms with van der Waals surface area (Å²) in [6, 6.07) is 11.4. The van der Waals surface area contributed by atoms with Crippen LogP contribution in [0.15, 0.2) is 42.6 Å². The van der Waals surface area contributed by atoms with Crippen molar-refractivity contribution in [3.05, 3.63) is 53.3 Å². The summed E-state index contributed by atoms with van der Waals surface area (Å²) in [5.74, 6) is 0.894. The maximum absolute atomic E-state index is 13.0. The maximum Gasteiger partial charge on any atom is 0.228 e. The minimum atomic E-state index is 0.111. The molecule has 0 N–H and O–H groups in total. The maximum atomic E-state index is 13.0. The van der Waals surface area contributed by atoms with Gasteiger partial charge in [-0.3, -0.25) is 4.79 Å². The van der Waals surface area contributed by atoms with Gasteiger partial charge in [0.25, 0.3) is 0 Å². The molecule has 0 saturated carbocycles. The molecule has 0 fully saturated rings. The lowest BCUT2D eigenvalue weighted by Crippen LogP contribution is -2.34. The van der Waals surface area contributed by atoms with Gasteiger partial charge in [0.2, 0.25) is 5.91 Å². The third-order valence-electron chi connectivity index (χ3n) is 4.70. The minimum absolute atomic E-state index is 0.111. The molecule has 0 saturated heterocycles. The summed E-state index contributed by atoms with van der Waals surface area (Å²) in [6.45, 7) is 5.71. The number of imidazole rings is 1. The minimum Gasteiger partial charge on any atom is -0.497 e. The molecule has 148 valence electrons. The summed E-state index contributed by atoms with van der Waals surface area (Å²) in [5.41, 5.74) is 3.37. The van der Waals surface area contributed by atoms with Gasteiger partial charge in [0.15, 0.2) is 0 Å². The van der Waals surface area contributed by atoms with Crippen molar-refractivity contribution in [3.63, 3.8) is 0 Å². The Kier molecular flexibility index (Phi) is 6.57. The van der Waals surface area contributed by atoms with Gasteiger partial charge in [-0.05, 0) is 49.2 Å². The van der Waals surface area contributed by atoms with Gasteiger partial charge in [-0.1, -0.05) is 25.4 Å². The van der Waals surface area contributed by atoms with Crippen molar-refractivity contribution in [1.82, 2.24) is 14.3 Å². The van der Waals surface area contributed by atoms with Gasteiger partial charge in [-0.25, -0.2) is 4.98 Å². The Morgan fingerprint density at radius 2 is 1.79 bits per heavy atom. The van der Waals surface area contributed by atoms with Crippen LogP contribution in [0.4, 0.5) is 0 Å². The molecule has 0 aliphatic carbocycles. The Morgan fingerprint density at radius 3 is 2.39 bits per heavy atom. The van der Waals surface area contributed by atoms with Crippen LogP contribution in [0.25, 0.3) is 16.9 Å². The molecule has 5 nitrogen and oxygen atoms in total. The first kappa shape index (κ1) is 20.2. The van der Waals surface area contributed by atoms with Crippen LogP contribution in [0.1, 0.15) is 32.4 Å². The van der Waals surface area contributed by atoms with Crippen molar-refractivity contribution in [2.24, 2.45) is 0 Å². The first-order valence-electron chi connectivity index (χ1n) is 9.66. The number of carbonyl (C=O) groups excluding carboxylic acids is 1. The van der Waals surface area contributed by atoms with E-state index in [9.17, 15) is 4.79 Å². The molecule has 1 aromatic carbocycles. The van der Waals surface area contributed by atoms with Crippen molar-refractivity contribution in [3.8, 4) is 17.0 Å². The molecular formula is C22H26ClN3O2. The number of aromatic nitrogens is 2. The van der Waals surface area contributed by atoms with E-state index in [4.69, 9.17) is 21.3 Å². The summed E-state index contributed by atoms with van der Waals surface area (Å²) < 4.78 is 7.18. The van der Waals surface area contributed by atoms with Crippen LogP contribution in [0.2, 0.25) is 5.02 Å². The van der Waals surface area contributed by atoms with Crippen LogP contribution in [-0.2, 0) is 11.2 Å². The molecule has 3 rings (SSSR count). The number of nitrogens with zero attached hydrogens (tertiary/aromatic N) is 3. The second-order valence-electron chi connectivity index (χ2n) is 6.77. The predicted molar refractivity (Wildman–Crippen MR) is 113 cm³/mol. The van der Waals surface area contributed by atoms with E-state index in [2.05, 4.69) is 13.8 Å². The molecule has 6 heteroatoms. The Morgan fingerprint density at radius 1 is 1.11 bits per heavy atom. The third-order valence-corrected chi connectivity index (χ3v) is 4.93. The zero-order valence-electron chi connectivity index (χ0n) is 16.6. The van der Waals surface area contributed by atoms with E-state index < -0.39 is 0 Å². The number of methoxy groups -OCH3 is 1. The van der Waals surface area contributed by atoms with E-state index in [1.165, 1.54) is 0 Å². The summed E-state index contributed by atoms with van der Waals surface area (Å²) >= 11 is 6.22. The SMILES string of the molecule is CCCN(CCC)C(=O)Cc1c(-c2ccc(OC)cc2)nc2ccc(Cl)cn12. The average Bonchev–Trinajstić information content (AvgIpc) is 3.05. The lowest BCUT2D eigenvalue weighted by Gasteiger charge is -2.21. The number of halogens is 1. The molecule has 2 heterocycles. The zero-order valence-corrected chi connectivity index (χ0v) is 17.4. The second-order valence-corrected chi connectivity index (χ2v) is 7.21. The highest BCUT2D eigenvalue weighted by Gasteiger charge is 2.20. The zero-order chi connectivity index (χ0) is 20.1. The Balaban J connectivity index is 2.05. The van der Waals surface area contributed by atoms with E-state index in [1.54, 1.807) is 7.11 Å². The van der Waals surface area contributed by atoms with Gasteiger partial charge in [-0.15, -0.1) is 0 Å². The monoisotopic (exact) mass is 399 g/mol. The standard InChI is InChI=1S/C22H26ClN3O2/c1-4-12-25(13-5-2)21(27)14-19-22(16-6-9-18(28-3)10-7-16)24-20-11-8-17(23)15-26(19)20/h6-11,15H,4-5,12-14H2,1-3H3. The average molecular weight is 400 g/mol. The summed E-state index contributed by atoms with van der Waals surface area (Å²) in [5, 5.41) is 0.610. The molecule has 0 aliphatic heterocycles. The summed E-state index contributed by atoms with van der Waals surface area (Å²) in [7, 11) is 1.64. The molecule has 0 atom stereocenters. The smallest absolute Gasteiger partial charge is 0.228 e. The third kappa shape index (κ3) is 4.30. The fourth-order valence-corrected chi connectivity index (χ4v) is 3.53. The van der Waals surface area contributed by atoms with E-state index in [0.717, 1.165) is 54.3 Å². The summed E-state index contributed by atoms with van der Waals surface area (Å²) in [6.07, 6.45) is 3.98. The van der Waals surface area contributed by atoms with Crippen LogP contribution in [-0.4, -0.2) is 40.4 Å². The lowest BCUT2D eigenvalue weighted by atomic mass is 10.1. The number of pyridine rings is 1. The highest BCUT2D eigenvalue weighted by molar-refractivity contribution is 6.30. The number of benzene rings is 1. The van der Waals surface area contributed by atoms with E-state index in [1.807, 2.05) is 51.9 Å². The number of hydrogen-bond acceptors (Lipinski definition) is 3. The molecule has 28 heavy (non-hydrogen) atoms.